The molecule has 0 radical (unpaired) electrons. The van der Waals surface area contributed by atoms with Gasteiger partial charge in [0, 0.05) is 12.7 Å². The summed E-state index contributed by atoms with van der Waals surface area (Å²) >= 11 is 0. The van der Waals surface area contributed by atoms with Gasteiger partial charge in [0.1, 0.15) is 0 Å². The number of nitrogens with zero attached hydrogens (tertiary/aromatic N) is 2. The summed E-state index contributed by atoms with van der Waals surface area (Å²) in [6, 6.07) is 4.04. The first kappa shape index (κ1) is 13.2. The van der Waals surface area contributed by atoms with Gasteiger partial charge in [0.05, 0.1) is 24.9 Å². The van der Waals surface area contributed by atoms with Crippen LogP contribution in [0, 0.1) is 0 Å². The molecule has 1 aromatic heterocycles. The molecule has 0 spiro atoms. The van der Waals surface area contributed by atoms with E-state index in [-0.39, 0.29) is 6.04 Å². The molecule has 18 heavy (non-hydrogen) atoms. The SMILES string of the molecule is CNC(CCC1CCCO1)c1ccc(OC)nn1. The van der Waals surface area contributed by atoms with Crippen molar-refractivity contribution in [1.29, 1.82) is 0 Å². The van der Waals surface area contributed by atoms with Crippen molar-refractivity contribution >= 4 is 0 Å². The highest BCUT2D eigenvalue weighted by Gasteiger charge is 2.19. The van der Waals surface area contributed by atoms with Gasteiger partial charge in [-0.25, -0.2) is 0 Å². The highest BCUT2D eigenvalue weighted by molar-refractivity contribution is 5.14. The summed E-state index contributed by atoms with van der Waals surface area (Å²) in [6.45, 7) is 0.914. The average molecular weight is 251 g/mol. The van der Waals surface area contributed by atoms with Crippen LogP contribution in [0.5, 0.6) is 5.88 Å². The van der Waals surface area contributed by atoms with Crippen LogP contribution in [0.15, 0.2) is 12.1 Å². The molecule has 1 aliphatic rings. The van der Waals surface area contributed by atoms with E-state index in [2.05, 4.69) is 15.5 Å². The van der Waals surface area contributed by atoms with Gasteiger partial charge in [-0.1, -0.05) is 0 Å². The molecular formula is C13H21N3O2. The maximum Gasteiger partial charge on any atom is 0.233 e. The van der Waals surface area contributed by atoms with Crippen molar-refractivity contribution in [2.24, 2.45) is 0 Å². The van der Waals surface area contributed by atoms with E-state index in [1.807, 2.05) is 19.2 Å². The van der Waals surface area contributed by atoms with Gasteiger partial charge in [0.15, 0.2) is 0 Å². The minimum Gasteiger partial charge on any atom is -0.480 e. The van der Waals surface area contributed by atoms with Crippen LogP contribution in [0.2, 0.25) is 0 Å². The second kappa shape index (κ2) is 6.66. The van der Waals surface area contributed by atoms with Crippen molar-refractivity contribution in [3.8, 4) is 5.88 Å². The molecular weight excluding hydrogens is 230 g/mol. The lowest BCUT2D eigenvalue weighted by molar-refractivity contribution is 0.0997. The van der Waals surface area contributed by atoms with Crippen LogP contribution >= 0.6 is 0 Å². The molecule has 0 aliphatic carbocycles. The Kier molecular flexibility index (Phi) is 4.90. The van der Waals surface area contributed by atoms with Crippen LogP contribution in [-0.4, -0.2) is 37.1 Å². The summed E-state index contributed by atoms with van der Waals surface area (Å²) in [6.07, 6.45) is 4.88. The average Bonchev–Trinajstić information content (AvgIpc) is 2.93. The Labute approximate surface area is 108 Å². The standard InChI is InChI=1S/C13H21N3O2/c1-14-11(6-5-10-4-3-9-18-10)12-7-8-13(17-2)16-15-12/h7-8,10-11,14H,3-6,9H2,1-2H3. The molecule has 2 rings (SSSR count). The van der Waals surface area contributed by atoms with Crippen molar-refractivity contribution < 1.29 is 9.47 Å². The lowest BCUT2D eigenvalue weighted by Gasteiger charge is -2.17. The minimum atomic E-state index is 0.229. The number of methoxy groups -OCH3 is 1. The van der Waals surface area contributed by atoms with E-state index >= 15 is 0 Å². The summed E-state index contributed by atoms with van der Waals surface area (Å²) in [7, 11) is 3.54. The third-order valence-corrected chi connectivity index (χ3v) is 3.38. The Morgan fingerprint density at radius 3 is 2.94 bits per heavy atom. The molecule has 1 aromatic rings. The molecule has 5 heteroatoms. The molecule has 1 fully saturated rings. The van der Waals surface area contributed by atoms with Gasteiger partial charge >= 0.3 is 0 Å². The first-order chi connectivity index (χ1) is 8.83. The molecule has 0 bridgehead atoms. The predicted molar refractivity (Wildman–Crippen MR) is 68.6 cm³/mol. The number of aromatic nitrogens is 2. The second-order valence-electron chi connectivity index (χ2n) is 4.55. The molecule has 100 valence electrons. The fourth-order valence-electron chi connectivity index (χ4n) is 2.29. The smallest absolute Gasteiger partial charge is 0.233 e. The van der Waals surface area contributed by atoms with Gasteiger partial charge in [0.2, 0.25) is 5.88 Å². The number of rotatable bonds is 6. The van der Waals surface area contributed by atoms with Gasteiger partial charge in [-0.15, -0.1) is 5.10 Å². The lowest BCUT2D eigenvalue weighted by Crippen LogP contribution is -2.20. The Balaban J connectivity index is 1.89. The van der Waals surface area contributed by atoms with Crippen LogP contribution in [0.1, 0.15) is 37.4 Å². The van der Waals surface area contributed by atoms with E-state index in [9.17, 15) is 0 Å². The zero-order valence-corrected chi connectivity index (χ0v) is 11.1. The number of hydrogen-bond acceptors (Lipinski definition) is 5. The van der Waals surface area contributed by atoms with E-state index in [0.29, 0.717) is 12.0 Å². The maximum absolute atomic E-state index is 5.64. The topological polar surface area (TPSA) is 56.3 Å². The fourth-order valence-corrected chi connectivity index (χ4v) is 2.29. The van der Waals surface area contributed by atoms with E-state index in [1.54, 1.807) is 7.11 Å². The van der Waals surface area contributed by atoms with E-state index in [1.165, 1.54) is 12.8 Å². The number of ether oxygens (including phenoxy) is 2. The number of nitrogens with one attached hydrogen (secondary N) is 1. The van der Waals surface area contributed by atoms with Crippen LogP contribution in [0.25, 0.3) is 0 Å². The highest BCUT2D eigenvalue weighted by atomic mass is 16.5. The lowest BCUT2D eigenvalue weighted by atomic mass is 10.0. The van der Waals surface area contributed by atoms with Crippen molar-refractivity contribution in [3.63, 3.8) is 0 Å². The Morgan fingerprint density at radius 1 is 1.50 bits per heavy atom. The molecule has 1 aliphatic heterocycles. The molecule has 2 heterocycles. The monoisotopic (exact) mass is 251 g/mol. The normalized spacial score (nSPS) is 20.9. The van der Waals surface area contributed by atoms with Crippen LogP contribution in [-0.2, 0) is 4.74 Å². The highest BCUT2D eigenvalue weighted by Crippen LogP contribution is 2.23. The zero-order chi connectivity index (χ0) is 12.8. The fraction of sp³-hybridized carbons (Fsp3) is 0.692. The van der Waals surface area contributed by atoms with E-state index in [4.69, 9.17) is 9.47 Å². The third-order valence-electron chi connectivity index (χ3n) is 3.38. The summed E-state index contributed by atoms with van der Waals surface area (Å²) in [5, 5.41) is 11.5. The third kappa shape index (κ3) is 3.40. The van der Waals surface area contributed by atoms with Gasteiger partial charge in [-0.2, -0.15) is 5.10 Å². The summed E-state index contributed by atoms with van der Waals surface area (Å²) in [5.74, 6) is 0.549. The predicted octanol–water partition coefficient (Wildman–Crippen LogP) is 1.70. The largest absolute Gasteiger partial charge is 0.480 e. The van der Waals surface area contributed by atoms with Crippen molar-refractivity contribution in [3.05, 3.63) is 17.8 Å². The molecule has 0 aromatic carbocycles. The van der Waals surface area contributed by atoms with Crippen molar-refractivity contribution in [1.82, 2.24) is 15.5 Å². The van der Waals surface area contributed by atoms with Crippen LogP contribution in [0.4, 0.5) is 0 Å². The molecule has 5 nitrogen and oxygen atoms in total. The molecule has 1 N–H and O–H groups in total. The number of hydrogen-bond donors (Lipinski definition) is 1. The van der Waals surface area contributed by atoms with Gasteiger partial charge in [0.25, 0.3) is 0 Å². The van der Waals surface area contributed by atoms with Gasteiger partial charge in [-0.05, 0) is 38.8 Å². The van der Waals surface area contributed by atoms with Crippen molar-refractivity contribution in [2.45, 2.75) is 37.8 Å². The molecule has 1 saturated heterocycles. The first-order valence-electron chi connectivity index (χ1n) is 6.50. The van der Waals surface area contributed by atoms with Crippen molar-refractivity contribution in [2.75, 3.05) is 20.8 Å². The Bertz CT molecular complexity index is 350. The quantitative estimate of drug-likeness (QED) is 0.834. The second-order valence-corrected chi connectivity index (χ2v) is 4.55. The summed E-state index contributed by atoms with van der Waals surface area (Å²) in [5.41, 5.74) is 0.955. The molecule has 0 amide bonds. The van der Waals surface area contributed by atoms with E-state index < -0.39 is 0 Å². The van der Waals surface area contributed by atoms with Crippen LogP contribution in [0.3, 0.4) is 0 Å². The summed E-state index contributed by atoms with van der Waals surface area (Å²) < 4.78 is 10.6. The molecule has 2 unspecified atom stereocenters. The molecule has 2 atom stereocenters. The summed E-state index contributed by atoms with van der Waals surface area (Å²) in [4.78, 5) is 0. The maximum atomic E-state index is 5.64. The Morgan fingerprint density at radius 2 is 2.39 bits per heavy atom. The zero-order valence-electron chi connectivity index (χ0n) is 11.1. The minimum absolute atomic E-state index is 0.229. The Hall–Kier alpha value is -1.20. The van der Waals surface area contributed by atoms with E-state index in [0.717, 1.165) is 25.1 Å². The van der Waals surface area contributed by atoms with Crippen LogP contribution < -0.4 is 10.1 Å². The molecule has 0 saturated carbocycles. The first-order valence-corrected chi connectivity index (χ1v) is 6.50. The van der Waals surface area contributed by atoms with Gasteiger partial charge < -0.3 is 14.8 Å². The van der Waals surface area contributed by atoms with Gasteiger partial charge in [-0.3, -0.25) is 0 Å².